The first kappa shape index (κ1) is 24.2. The maximum absolute atomic E-state index is 13.4. The van der Waals surface area contributed by atoms with Crippen LogP contribution in [0.5, 0.6) is 0 Å². The van der Waals surface area contributed by atoms with E-state index in [-0.39, 0.29) is 34.4 Å². The van der Waals surface area contributed by atoms with E-state index in [9.17, 15) is 18.0 Å². The zero-order valence-corrected chi connectivity index (χ0v) is 20.6. The van der Waals surface area contributed by atoms with Crippen molar-refractivity contribution in [3.8, 4) is 11.1 Å². The van der Waals surface area contributed by atoms with E-state index in [0.29, 0.717) is 18.8 Å². The van der Waals surface area contributed by atoms with Crippen LogP contribution in [-0.2, 0) is 19.6 Å². The number of pyridine rings is 1. The van der Waals surface area contributed by atoms with Crippen molar-refractivity contribution in [3.05, 3.63) is 89.7 Å². The SMILES string of the molecule is O=C(Nc1cc(S(=O)(=O)N2CCOCC2)ccc1Cl)C(=O)c1c(-c2ccccc2)cc2ccccn12. The number of rotatable bonds is 6. The van der Waals surface area contributed by atoms with Crippen LogP contribution in [0.2, 0.25) is 5.02 Å². The minimum absolute atomic E-state index is 0.0327. The molecular weight excluding hydrogens is 502 g/mol. The number of nitrogens with one attached hydrogen (secondary N) is 1. The van der Waals surface area contributed by atoms with Gasteiger partial charge in [-0.2, -0.15) is 4.31 Å². The number of morpholine rings is 1. The Balaban J connectivity index is 1.48. The molecule has 0 bridgehead atoms. The van der Waals surface area contributed by atoms with Crippen LogP contribution in [0.15, 0.2) is 83.9 Å². The standard InChI is InChI=1S/C26H22ClN3O5S/c27-22-10-9-20(36(33,34)29-12-14-35-15-13-29)17-23(22)28-26(32)25(31)24-21(18-6-2-1-3-7-18)16-19-8-4-5-11-30(19)24/h1-11,16-17H,12-15H2,(H,28,32). The highest BCUT2D eigenvalue weighted by atomic mass is 35.5. The molecule has 8 nitrogen and oxygen atoms in total. The van der Waals surface area contributed by atoms with Crippen molar-refractivity contribution in [3.63, 3.8) is 0 Å². The predicted molar refractivity (Wildman–Crippen MR) is 137 cm³/mol. The second-order valence-corrected chi connectivity index (χ2v) is 10.6. The highest BCUT2D eigenvalue weighted by Crippen LogP contribution is 2.30. The fourth-order valence-corrected chi connectivity index (χ4v) is 5.78. The molecule has 5 rings (SSSR count). The molecule has 1 N–H and O–H groups in total. The van der Waals surface area contributed by atoms with Crippen LogP contribution in [-0.4, -0.2) is 55.1 Å². The molecule has 0 spiro atoms. The Morgan fingerprint density at radius 3 is 2.39 bits per heavy atom. The molecule has 2 aromatic carbocycles. The van der Waals surface area contributed by atoms with Crippen molar-refractivity contribution in [1.82, 2.24) is 8.71 Å². The number of Topliss-reactive ketones (excluding diaryl/α,β-unsaturated/α-hetero) is 1. The number of amides is 1. The summed E-state index contributed by atoms with van der Waals surface area (Å²) in [6.45, 7) is 1.07. The van der Waals surface area contributed by atoms with Gasteiger partial charge in [0.25, 0.3) is 11.7 Å². The lowest BCUT2D eigenvalue weighted by Gasteiger charge is -2.26. The van der Waals surface area contributed by atoms with Crippen molar-refractivity contribution >= 4 is 44.5 Å². The van der Waals surface area contributed by atoms with Crippen LogP contribution < -0.4 is 5.32 Å². The van der Waals surface area contributed by atoms with Gasteiger partial charge in [-0.1, -0.05) is 48.0 Å². The fraction of sp³-hybridized carbons (Fsp3) is 0.154. The van der Waals surface area contributed by atoms with Gasteiger partial charge >= 0.3 is 0 Å². The summed E-state index contributed by atoms with van der Waals surface area (Å²) < 4.78 is 34.3. The highest BCUT2D eigenvalue weighted by molar-refractivity contribution is 7.89. The fourth-order valence-electron chi connectivity index (χ4n) is 4.18. The smallest absolute Gasteiger partial charge is 0.298 e. The third-order valence-corrected chi connectivity index (χ3v) is 8.20. The summed E-state index contributed by atoms with van der Waals surface area (Å²) in [4.78, 5) is 26.6. The van der Waals surface area contributed by atoms with E-state index in [0.717, 1.165) is 11.1 Å². The molecule has 0 atom stereocenters. The Kier molecular flexibility index (Phi) is 6.63. The minimum atomic E-state index is -3.82. The molecule has 1 aliphatic rings. The van der Waals surface area contributed by atoms with Crippen LogP contribution in [0.1, 0.15) is 10.5 Å². The van der Waals surface area contributed by atoms with Gasteiger partial charge in [0.1, 0.15) is 5.69 Å². The van der Waals surface area contributed by atoms with Crippen LogP contribution in [0.3, 0.4) is 0 Å². The first-order valence-electron chi connectivity index (χ1n) is 11.2. The van der Waals surface area contributed by atoms with Gasteiger partial charge < -0.3 is 14.5 Å². The third-order valence-electron chi connectivity index (χ3n) is 5.98. The molecule has 1 saturated heterocycles. The number of halogens is 1. The zero-order chi connectivity index (χ0) is 25.3. The minimum Gasteiger partial charge on any atom is -0.379 e. The Labute approximate surface area is 213 Å². The Morgan fingerprint density at radius 2 is 1.64 bits per heavy atom. The number of anilines is 1. The van der Waals surface area contributed by atoms with Crippen molar-refractivity contribution in [2.75, 3.05) is 31.6 Å². The lowest BCUT2D eigenvalue weighted by molar-refractivity contribution is -0.112. The number of carbonyl (C=O) groups is 2. The first-order chi connectivity index (χ1) is 17.4. The average Bonchev–Trinajstić information content (AvgIpc) is 3.30. The molecule has 0 aliphatic carbocycles. The summed E-state index contributed by atoms with van der Waals surface area (Å²) in [5.41, 5.74) is 2.38. The van der Waals surface area contributed by atoms with E-state index in [1.807, 2.05) is 48.5 Å². The second-order valence-electron chi connectivity index (χ2n) is 8.21. The lowest BCUT2D eigenvalue weighted by atomic mass is 10.0. The first-order valence-corrected chi connectivity index (χ1v) is 13.1. The molecule has 0 radical (unpaired) electrons. The molecule has 1 amide bonds. The van der Waals surface area contributed by atoms with Crippen molar-refractivity contribution in [2.45, 2.75) is 4.90 Å². The number of aromatic nitrogens is 1. The summed E-state index contributed by atoms with van der Waals surface area (Å²) in [6, 6.07) is 20.6. The molecule has 184 valence electrons. The van der Waals surface area contributed by atoms with Gasteiger partial charge in [0, 0.05) is 30.4 Å². The Bertz CT molecular complexity index is 1560. The number of fused-ring (bicyclic) bond motifs is 1. The van der Waals surface area contributed by atoms with Gasteiger partial charge in [-0.3, -0.25) is 9.59 Å². The van der Waals surface area contributed by atoms with Crippen LogP contribution >= 0.6 is 11.6 Å². The molecular formula is C26H22ClN3O5S. The maximum atomic E-state index is 13.4. The summed E-state index contributed by atoms with van der Waals surface area (Å²) >= 11 is 6.27. The molecule has 3 heterocycles. The van der Waals surface area contributed by atoms with Gasteiger partial charge in [0.2, 0.25) is 10.0 Å². The third kappa shape index (κ3) is 4.54. The van der Waals surface area contributed by atoms with Crippen LogP contribution in [0.4, 0.5) is 5.69 Å². The van der Waals surface area contributed by atoms with Crippen molar-refractivity contribution < 1.29 is 22.7 Å². The summed E-state index contributed by atoms with van der Waals surface area (Å²) in [5.74, 6) is -1.71. The van der Waals surface area contributed by atoms with Crippen molar-refractivity contribution in [2.24, 2.45) is 0 Å². The lowest BCUT2D eigenvalue weighted by Crippen LogP contribution is -2.40. The van der Waals surface area contributed by atoms with E-state index < -0.39 is 21.7 Å². The van der Waals surface area contributed by atoms with E-state index in [1.54, 1.807) is 16.7 Å². The molecule has 4 aromatic rings. The molecule has 2 aromatic heterocycles. The Hall–Kier alpha value is -3.50. The summed E-state index contributed by atoms with van der Waals surface area (Å²) in [7, 11) is -3.82. The van der Waals surface area contributed by atoms with Gasteiger partial charge in [0.15, 0.2) is 0 Å². The number of nitrogens with zero attached hydrogens (tertiary/aromatic N) is 2. The number of ether oxygens (including phenoxy) is 1. The molecule has 1 fully saturated rings. The quantitative estimate of drug-likeness (QED) is 0.303. The number of hydrogen-bond acceptors (Lipinski definition) is 5. The normalized spacial score (nSPS) is 14.6. The van der Waals surface area contributed by atoms with E-state index in [1.165, 1.54) is 22.5 Å². The zero-order valence-electron chi connectivity index (χ0n) is 19.1. The molecule has 0 saturated carbocycles. The van der Waals surface area contributed by atoms with Gasteiger partial charge in [0.05, 0.1) is 28.8 Å². The number of ketones is 1. The number of benzene rings is 2. The topological polar surface area (TPSA) is 97.2 Å². The molecule has 36 heavy (non-hydrogen) atoms. The van der Waals surface area contributed by atoms with Gasteiger partial charge in [-0.05, 0) is 42.0 Å². The van der Waals surface area contributed by atoms with Crippen LogP contribution in [0, 0.1) is 0 Å². The highest BCUT2D eigenvalue weighted by Gasteiger charge is 2.29. The number of carbonyl (C=O) groups excluding carboxylic acids is 2. The average molecular weight is 524 g/mol. The maximum Gasteiger partial charge on any atom is 0.298 e. The van der Waals surface area contributed by atoms with E-state index >= 15 is 0 Å². The summed E-state index contributed by atoms with van der Waals surface area (Å²) in [5, 5.41) is 2.63. The largest absolute Gasteiger partial charge is 0.379 e. The van der Waals surface area contributed by atoms with E-state index in [2.05, 4.69) is 5.32 Å². The van der Waals surface area contributed by atoms with Gasteiger partial charge in [-0.25, -0.2) is 8.42 Å². The monoisotopic (exact) mass is 523 g/mol. The Morgan fingerprint density at radius 1 is 0.917 bits per heavy atom. The molecule has 0 unspecified atom stereocenters. The summed E-state index contributed by atoms with van der Waals surface area (Å²) in [6.07, 6.45) is 1.71. The number of sulfonamides is 1. The van der Waals surface area contributed by atoms with E-state index in [4.69, 9.17) is 16.3 Å². The molecule has 1 aliphatic heterocycles. The predicted octanol–water partition coefficient (Wildman–Crippen LogP) is 4.10. The van der Waals surface area contributed by atoms with Crippen LogP contribution in [0.25, 0.3) is 16.6 Å². The molecule has 10 heteroatoms. The number of hydrogen-bond donors (Lipinski definition) is 1. The van der Waals surface area contributed by atoms with Crippen molar-refractivity contribution in [1.29, 1.82) is 0 Å². The second kappa shape index (κ2) is 9.87. The van der Waals surface area contributed by atoms with Gasteiger partial charge in [-0.15, -0.1) is 0 Å².